The number of benzene rings is 1. The van der Waals surface area contributed by atoms with Gasteiger partial charge in [0.05, 0.1) is 17.6 Å². The number of non-ortho nitro benzene ring substituents is 1. The molecule has 0 radical (unpaired) electrons. The Morgan fingerprint density at radius 2 is 2.00 bits per heavy atom. The van der Waals surface area contributed by atoms with Crippen LogP contribution in [0.3, 0.4) is 0 Å². The van der Waals surface area contributed by atoms with Gasteiger partial charge in [0.15, 0.2) is 0 Å². The smallest absolute Gasteiger partial charge is 0.340 e. The lowest BCUT2D eigenvalue weighted by molar-refractivity contribution is -0.384. The molecular formula is C14H19N3O5. The summed E-state index contributed by atoms with van der Waals surface area (Å²) in [6.45, 7) is 4.32. The second-order valence-electron chi connectivity index (χ2n) is 4.85. The van der Waals surface area contributed by atoms with E-state index in [2.05, 4.69) is 15.4 Å². The second kappa shape index (κ2) is 7.96. The van der Waals surface area contributed by atoms with Crippen LogP contribution in [0, 0.1) is 16.0 Å². The van der Waals surface area contributed by atoms with Crippen molar-refractivity contribution < 1.29 is 19.2 Å². The van der Waals surface area contributed by atoms with Crippen molar-refractivity contribution in [1.82, 2.24) is 5.32 Å². The van der Waals surface area contributed by atoms with E-state index in [9.17, 15) is 19.7 Å². The normalized spacial score (nSPS) is 10.2. The van der Waals surface area contributed by atoms with Gasteiger partial charge in [-0.1, -0.05) is 13.8 Å². The molecule has 0 aliphatic carbocycles. The maximum Gasteiger partial charge on any atom is 0.340 e. The Hall–Kier alpha value is -2.64. The van der Waals surface area contributed by atoms with Crippen molar-refractivity contribution in [3.63, 3.8) is 0 Å². The average molecular weight is 309 g/mol. The number of nitro groups is 1. The predicted octanol–water partition coefficient (Wildman–Crippen LogP) is 1.57. The summed E-state index contributed by atoms with van der Waals surface area (Å²) in [4.78, 5) is 33.3. The number of methoxy groups -OCH3 is 1. The van der Waals surface area contributed by atoms with Crippen molar-refractivity contribution in [2.24, 2.45) is 5.92 Å². The number of hydrogen-bond acceptors (Lipinski definition) is 6. The quantitative estimate of drug-likeness (QED) is 0.342. The molecule has 1 aromatic carbocycles. The Morgan fingerprint density at radius 1 is 1.32 bits per heavy atom. The van der Waals surface area contributed by atoms with Crippen LogP contribution in [0.25, 0.3) is 0 Å². The van der Waals surface area contributed by atoms with Crippen molar-refractivity contribution >= 4 is 23.3 Å². The fraction of sp³-hybridized carbons (Fsp3) is 0.429. The summed E-state index contributed by atoms with van der Waals surface area (Å²) in [5.74, 6) is -0.846. The maximum atomic E-state index is 11.7. The zero-order chi connectivity index (χ0) is 16.7. The zero-order valence-electron chi connectivity index (χ0n) is 12.7. The van der Waals surface area contributed by atoms with Crippen LogP contribution in [0.1, 0.15) is 24.2 Å². The number of ether oxygens (including phenoxy) is 1. The van der Waals surface area contributed by atoms with Gasteiger partial charge < -0.3 is 15.4 Å². The highest BCUT2D eigenvalue weighted by Crippen LogP contribution is 2.22. The van der Waals surface area contributed by atoms with Gasteiger partial charge in [-0.05, 0) is 6.07 Å². The first kappa shape index (κ1) is 17.4. The van der Waals surface area contributed by atoms with Crippen LogP contribution in [0.4, 0.5) is 11.4 Å². The number of hydrogen-bond donors (Lipinski definition) is 2. The molecule has 0 heterocycles. The third kappa shape index (κ3) is 4.72. The van der Waals surface area contributed by atoms with E-state index >= 15 is 0 Å². The van der Waals surface area contributed by atoms with Crippen LogP contribution >= 0.6 is 0 Å². The molecule has 0 unspecified atom stereocenters. The standard InChI is InChI=1S/C14H19N3O5/c1-9(2)13(18)16-7-6-15-12-5-4-10(17(20)21)8-11(12)14(19)22-3/h4-5,8-9,15H,6-7H2,1-3H3,(H,16,18). The van der Waals surface area contributed by atoms with Gasteiger partial charge in [-0.15, -0.1) is 0 Å². The fourth-order valence-electron chi connectivity index (χ4n) is 1.67. The largest absolute Gasteiger partial charge is 0.465 e. The lowest BCUT2D eigenvalue weighted by atomic mass is 10.1. The van der Waals surface area contributed by atoms with Crippen molar-refractivity contribution in [2.75, 3.05) is 25.5 Å². The van der Waals surface area contributed by atoms with Crippen LogP contribution in [-0.2, 0) is 9.53 Å². The van der Waals surface area contributed by atoms with Gasteiger partial charge in [-0.3, -0.25) is 14.9 Å². The Balaban J connectivity index is 2.75. The molecule has 0 saturated heterocycles. The van der Waals surface area contributed by atoms with Gasteiger partial charge in [-0.25, -0.2) is 4.79 Å². The topological polar surface area (TPSA) is 111 Å². The highest BCUT2D eigenvalue weighted by molar-refractivity contribution is 5.96. The number of nitro benzene ring substituents is 1. The minimum atomic E-state index is -0.669. The molecule has 0 aliphatic rings. The summed E-state index contributed by atoms with van der Waals surface area (Å²) in [6, 6.07) is 3.89. The maximum absolute atomic E-state index is 11.7. The molecule has 8 nitrogen and oxygen atoms in total. The molecule has 0 fully saturated rings. The molecule has 0 bridgehead atoms. The number of nitrogens with one attached hydrogen (secondary N) is 2. The predicted molar refractivity (Wildman–Crippen MR) is 80.8 cm³/mol. The first-order valence-electron chi connectivity index (χ1n) is 6.75. The summed E-state index contributed by atoms with van der Waals surface area (Å²) in [6.07, 6.45) is 0. The molecule has 2 N–H and O–H groups in total. The summed E-state index contributed by atoms with van der Waals surface area (Å²) >= 11 is 0. The highest BCUT2D eigenvalue weighted by Gasteiger charge is 2.17. The van der Waals surface area contributed by atoms with Gasteiger partial charge in [0.25, 0.3) is 5.69 Å². The monoisotopic (exact) mass is 309 g/mol. The fourth-order valence-corrected chi connectivity index (χ4v) is 1.67. The van der Waals surface area contributed by atoms with Gasteiger partial charge in [0.1, 0.15) is 0 Å². The number of amides is 1. The van der Waals surface area contributed by atoms with E-state index in [1.54, 1.807) is 13.8 Å². The number of rotatable bonds is 7. The Kier molecular flexibility index (Phi) is 6.30. The first-order valence-corrected chi connectivity index (χ1v) is 6.75. The van der Waals surface area contributed by atoms with Gasteiger partial charge in [0, 0.05) is 36.8 Å². The molecule has 1 amide bonds. The van der Waals surface area contributed by atoms with E-state index in [4.69, 9.17) is 0 Å². The van der Waals surface area contributed by atoms with E-state index in [1.807, 2.05) is 0 Å². The average Bonchev–Trinajstić information content (AvgIpc) is 2.50. The number of esters is 1. The van der Waals surface area contributed by atoms with Crippen LogP contribution in [0.15, 0.2) is 18.2 Å². The number of carbonyl (C=O) groups excluding carboxylic acids is 2. The lowest BCUT2D eigenvalue weighted by Crippen LogP contribution is -2.32. The Labute approximate surface area is 128 Å². The molecular weight excluding hydrogens is 290 g/mol. The Bertz CT molecular complexity index is 572. The molecule has 1 aromatic rings. The number of anilines is 1. The second-order valence-corrected chi connectivity index (χ2v) is 4.85. The molecule has 0 spiro atoms. The number of carbonyl (C=O) groups is 2. The Morgan fingerprint density at radius 3 is 2.55 bits per heavy atom. The highest BCUT2D eigenvalue weighted by atomic mass is 16.6. The molecule has 22 heavy (non-hydrogen) atoms. The molecule has 0 saturated carbocycles. The molecule has 8 heteroatoms. The number of nitrogens with zero attached hydrogens (tertiary/aromatic N) is 1. The van der Waals surface area contributed by atoms with Crippen molar-refractivity contribution in [1.29, 1.82) is 0 Å². The summed E-state index contributed by atoms with van der Waals surface area (Å²) in [5, 5.41) is 16.4. The van der Waals surface area contributed by atoms with E-state index in [1.165, 1.54) is 19.2 Å². The minimum Gasteiger partial charge on any atom is -0.465 e. The molecule has 1 rings (SSSR count). The summed E-state index contributed by atoms with van der Waals surface area (Å²) < 4.78 is 4.62. The van der Waals surface area contributed by atoms with Crippen molar-refractivity contribution in [2.45, 2.75) is 13.8 Å². The van der Waals surface area contributed by atoms with E-state index in [-0.39, 0.29) is 23.1 Å². The van der Waals surface area contributed by atoms with Crippen LogP contribution < -0.4 is 10.6 Å². The van der Waals surface area contributed by atoms with Crippen molar-refractivity contribution in [3.8, 4) is 0 Å². The summed E-state index contributed by atoms with van der Waals surface area (Å²) in [7, 11) is 1.20. The van der Waals surface area contributed by atoms with Gasteiger partial charge >= 0.3 is 5.97 Å². The third-order valence-electron chi connectivity index (χ3n) is 2.88. The SMILES string of the molecule is COC(=O)c1cc([N+](=O)[O-])ccc1NCCNC(=O)C(C)C. The van der Waals surface area contributed by atoms with Gasteiger partial charge in [-0.2, -0.15) is 0 Å². The lowest BCUT2D eigenvalue weighted by Gasteiger charge is -2.12. The van der Waals surface area contributed by atoms with E-state index in [0.29, 0.717) is 18.8 Å². The molecule has 0 aliphatic heterocycles. The summed E-state index contributed by atoms with van der Waals surface area (Å²) in [5.41, 5.74) is 0.294. The zero-order valence-corrected chi connectivity index (χ0v) is 12.7. The molecule has 0 atom stereocenters. The first-order chi connectivity index (χ1) is 10.4. The van der Waals surface area contributed by atoms with E-state index < -0.39 is 10.9 Å². The van der Waals surface area contributed by atoms with Crippen LogP contribution in [-0.4, -0.2) is 37.0 Å². The van der Waals surface area contributed by atoms with Gasteiger partial charge in [0.2, 0.25) is 5.91 Å². The molecule has 0 aromatic heterocycles. The third-order valence-corrected chi connectivity index (χ3v) is 2.88. The van der Waals surface area contributed by atoms with E-state index in [0.717, 1.165) is 6.07 Å². The van der Waals surface area contributed by atoms with Crippen LogP contribution in [0.5, 0.6) is 0 Å². The minimum absolute atomic E-state index is 0.0707. The molecule has 120 valence electrons. The van der Waals surface area contributed by atoms with Crippen molar-refractivity contribution in [3.05, 3.63) is 33.9 Å². The van der Waals surface area contributed by atoms with Crippen LogP contribution in [0.2, 0.25) is 0 Å².